The molecule has 4 aromatic rings. The largest absolute Gasteiger partial charge is 0.462 e. The molecule has 0 heterocycles. The van der Waals surface area contributed by atoms with Crippen molar-refractivity contribution in [2.75, 3.05) is 6.61 Å². The second-order valence-electron chi connectivity index (χ2n) is 7.35. The van der Waals surface area contributed by atoms with Gasteiger partial charge in [0.25, 0.3) is 0 Å². The lowest BCUT2D eigenvalue weighted by Gasteiger charge is -2.28. The predicted octanol–water partition coefficient (Wildman–Crippen LogP) is 5.36. The van der Waals surface area contributed by atoms with Gasteiger partial charge in [-0.15, -0.1) is 0 Å². The summed E-state index contributed by atoms with van der Waals surface area (Å²) in [6.07, 6.45) is 0.750. The number of hydrogen-bond donors (Lipinski definition) is 0. The van der Waals surface area contributed by atoms with Crippen molar-refractivity contribution >= 4 is 29.1 Å². The fourth-order valence-corrected chi connectivity index (χ4v) is 8.36. The smallest absolute Gasteiger partial charge is 0.338 e. The highest BCUT2D eigenvalue weighted by atomic mass is 31.2. The molecular weight excluding hydrogens is 399 g/mol. The Labute approximate surface area is 184 Å². The number of carbonyl (C=O) groups excluding carboxylic acids is 1. The number of ether oxygens (including phenoxy) is 1. The van der Waals surface area contributed by atoms with Crippen LogP contribution in [0.25, 0.3) is 0 Å². The van der Waals surface area contributed by atoms with E-state index in [0.717, 1.165) is 11.7 Å². The van der Waals surface area contributed by atoms with Gasteiger partial charge in [0.15, 0.2) is 0 Å². The Bertz CT molecular complexity index is 1030. The minimum Gasteiger partial charge on any atom is -0.462 e. The summed E-state index contributed by atoms with van der Waals surface area (Å²) in [5.74, 6) is -0.259. The molecule has 0 radical (unpaired) electrons. The van der Waals surface area contributed by atoms with E-state index in [0.29, 0.717) is 12.2 Å². The van der Waals surface area contributed by atoms with E-state index in [1.54, 1.807) is 0 Å². The van der Waals surface area contributed by atoms with Gasteiger partial charge in [0.1, 0.15) is 23.2 Å². The van der Waals surface area contributed by atoms with Gasteiger partial charge in [-0.05, 0) is 49.4 Å². The van der Waals surface area contributed by atoms with E-state index in [9.17, 15) is 4.79 Å². The summed E-state index contributed by atoms with van der Waals surface area (Å²) in [5, 5.41) is 3.89. The standard InChI is InChI=1S/C28H26O2P/c1-2-30-28(29)27-21-13-12-14-23(27)22-31(24-15-6-3-7-16-24,25-17-8-4-9-18-25)26-19-10-5-11-20-26/h3-21H,2,22H2,1H3/q+1. The first-order valence-electron chi connectivity index (χ1n) is 10.6. The van der Waals surface area contributed by atoms with Crippen molar-refractivity contribution in [2.24, 2.45) is 0 Å². The molecule has 0 aliphatic heterocycles. The van der Waals surface area contributed by atoms with E-state index in [2.05, 4.69) is 97.1 Å². The summed E-state index contributed by atoms with van der Waals surface area (Å²) in [6.45, 7) is 2.21. The highest BCUT2D eigenvalue weighted by molar-refractivity contribution is 7.95. The molecule has 0 bridgehead atoms. The average Bonchev–Trinajstić information content (AvgIpc) is 2.84. The molecule has 0 fully saturated rings. The maximum absolute atomic E-state index is 12.8. The normalized spacial score (nSPS) is 11.1. The molecule has 0 saturated heterocycles. The molecule has 154 valence electrons. The van der Waals surface area contributed by atoms with Crippen molar-refractivity contribution in [1.82, 2.24) is 0 Å². The Balaban J connectivity index is 1.98. The second kappa shape index (κ2) is 9.73. The van der Waals surface area contributed by atoms with Gasteiger partial charge in [0.2, 0.25) is 0 Å². The predicted molar refractivity (Wildman–Crippen MR) is 131 cm³/mol. The lowest BCUT2D eigenvalue weighted by Crippen LogP contribution is -2.32. The molecular formula is C28H26O2P+. The first kappa shape index (κ1) is 21.0. The zero-order valence-electron chi connectivity index (χ0n) is 17.6. The highest BCUT2D eigenvalue weighted by Gasteiger charge is 2.46. The van der Waals surface area contributed by atoms with Crippen LogP contribution in [0, 0.1) is 0 Å². The van der Waals surface area contributed by atoms with Crippen LogP contribution in [0.2, 0.25) is 0 Å². The molecule has 4 aromatic carbocycles. The lowest BCUT2D eigenvalue weighted by molar-refractivity contribution is 0.0525. The van der Waals surface area contributed by atoms with Crippen molar-refractivity contribution in [1.29, 1.82) is 0 Å². The second-order valence-corrected chi connectivity index (χ2v) is 10.8. The molecule has 4 rings (SSSR count). The van der Waals surface area contributed by atoms with Gasteiger partial charge in [-0.3, -0.25) is 0 Å². The monoisotopic (exact) mass is 425 g/mol. The molecule has 0 N–H and O–H groups in total. The van der Waals surface area contributed by atoms with Gasteiger partial charge in [0.05, 0.1) is 18.3 Å². The molecule has 0 spiro atoms. The molecule has 3 heteroatoms. The minimum atomic E-state index is -2.07. The highest BCUT2D eigenvalue weighted by Crippen LogP contribution is 2.58. The Morgan fingerprint density at radius 3 is 1.52 bits per heavy atom. The van der Waals surface area contributed by atoms with E-state index in [-0.39, 0.29) is 5.97 Å². The summed E-state index contributed by atoms with van der Waals surface area (Å²) < 4.78 is 5.37. The van der Waals surface area contributed by atoms with Gasteiger partial charge >= 0.3 is 5.97 Å². The molecule has 0 atom stereocenters. The topological polar surface area (TPSA) is 26.3 Å². The third-order valence-corrected chi connectivity index (χ3v) is 9.87. The van der Waals surface area contributed by atoms with Gasteiger partial charge in [-0.2, -0.15) is 0 Å². The van der Waals surface area contributed by atoms with Crippen LogP contribution in [0.3, 0.4) is 0 Å². The van der Waals surface area contributed by atoms with E-state index < -0.39 is 7.26 Å². The fourth-order valence-electron chi connectivity index (χ4n) is 4.09. The molecule has 31 heavy (non-hydrogen) atoms. The van der Waals surface area contributed by atoms with Gasteiger partial charge in [-0.25, -0.2) is 4.79 Å². The van der Waals surface area contributed by atoms with Crippen LogP contribution in [0.4, 0.5) is 0 Å². The quantitative estimate of drug-likeness (QED) is 0.294. The van der Waals surface area contributed by atoms with Crippen LogP contribution in [-0.4, -0.2) is 12.6 Å². The van der Waals surface area contributed by atoms with E-state index in [1.165, 1.54) is 15.9 Å². The number of hydrogen-bond acceptors (Lipinski definition) is 2. The van der Waals surface area contributed by atoms with Gasteiger partial charge in [0, 0.05) is 5.56 Å². The van der Waals surface area contributed by atoms with Crippen molar-refractivity contribution in [2.45, 2.75) is 13.1 Å². The third kappa shape index (κ3) is 4.31. The molecule has 0 saturated carbocycles. The van der Waals surface area contributed by atoms with Crippen LogP contribution >= 0.6 is 7.26 Å². The maximum Gasteiger partial charge on any atom is 0.338 e. The summed E-state index contributed by atoms with van der Waals surface area (Å²) in [5.41, 5.74) is 1.67. The lowest BCUT2D eigenvalue weighted by atomic mass is 10.1. The van der Waals surface area contributed by atoms with Crippen LogP contribution in [0.1, 0.15) is 22.8 Å². The van der Waals surface area contributed by atoms with Crippen molar-refractivity contribution in [3.63, 3.8) is 0 Å². The summed E-state index contributed by atoms with van der Waals surface area (Å²) in [7, 11) is -2.07. The Morgan fingerprint density at radius 2 is 1.06 bits per heavy atom. The van der Waals surface area contributed by atoms with Crippen molar-refractivity contribution in [3.8, 4) is 0 Å². The van der Waals surface area contributed by atoms with Gasteiger partial charge in [-0.1, -0.05) is 72.8 Å². The number of esters is 1. The van der Waals surface area contributed by atoms with Crippen LogP contribution < -0.4 is 15.9 Å². The van der Waals surface area contributed by atoms with Crippen molar-refractivity contribution in [3.05, 3.63) is 126 Å². The third-order valence-electron chi connectivity index (χ3n) is 5.51. The first-order chi connectivity index (χ1) is 15.3. The van der Waals surface area contributed by atoms with Gasteiger partial charge < -0.3 is 4.74 Å². The summed E-state index contributed by atoms with van der Waals surface area (Å²) in [6, 6.07) is 40.0. The Hall–Kier alpha value is -3.22. The summed E-state index contributed by atoms with van der Waals surface area (Å²) in [4.78, 5) is 12.8. The Morgan fingerprint density at radius 1 is 0.645 bits per heavy atom. The van der Waals surface area contributed by atoms with E-state index in [4.69, 9.17) is 4.74 Å². The number of carbonyl (C=O) groups is 1. The van der Waals surface area contributed by atoms with Crippen LogP contribution in [0.5, 0.6) is 0 Å². The molecule has 0 unspecified atom stereocenters. The zero-order chi connectivity index (χ0) is 21.5. The number of rotatable bonds is 7. The van der Waals surface area contributed by atoms with Crippen LogP contribution in [-0.2, 0) is 10.9 Å². The van der Waals surface area contributed by atoms with E-state index in [1.807, 2.05) is 25.1 Å². The Kier molecular flexibility index (Phi) is 6.60. The molecule has 0 aliphatic carbocycles. The molecule has 0 aromatic heterocycles. The molecule has 0 amide bonds. The molecule has 0 aliphatic rings. The summed E-state index contributed by atoms with van der Waals surface area (Å²) >= 11 is 0. The van der Waals surface area contributed by atoms with Crippen LogP contribution in [0.15, 0.2) is 115 Å². The SMILES string of the molecule is CCOC(=O)c1ccccc1C[P+](c1ccccc1)(c1ccccc1)c1ccccc1. The minimum absolute atomic E-state index is 0.259. The van der Waals surface area contributed by atoms with E-state index >= 15 is 0 Å². The molecule has 2 nitrogen and oxygen atoms in total. The van der Waals surface area contributed by atoms with Crippen molar-refractivity contribution < 1.29 is 9.53 Å². The first-order valence-corrected chi connectivity index (χ1v) is 12.5. The maximum atomic E-state index is 12.8. The zero-order valence-corrected chi connectivity index (χ0v) is 18.5. The average molecular weight is 425 g/mol. The number of benzene rings is 4. The fraction of sp³-hybridized carbons (Fsp3) is 0.107.